The van der Waals surface area contributed by atoms with Gasteiger partial charge in [0.25, 0.3) is 0 Å². The van der Waals surface area contributed by atoms with Crippen LogP contribution in [0.2, 0.25) is 0 Å². The molecule has 4 heterocycles. The van der Waals surface area contributed by atoms with Gasteiger partial charge in [0.2, 0.25) is 0 Å². The van der Waals surface area contributed by atoms with Gasteiger partial charge in [0, 0.05) is 29.4 Å². The maximum absolute atomic E-state index is 10.5. The Morgan fingerprint density at radius 2 is 1.86 bits per heavy atom. The monoisotopic (exact) mass is 373 g/mol. The number of phenolic OH excluding ortho intramolecular Hbond substituents is 1. The number of aromatic amines is 1. The lowest BCUT2D eigenvalue weighted by molar-refractivity contribution is 0.351. The molecule has 3 aromatic rings. The van der Waals surface area contributed by atoms with Crippen LogP contribution >= 0.6 is 0 Å². The molecule has 2 saturated heterocycles. The minimum absolute atomic E-state index is 0.175. The molecular formula is C22H23N5O. The van der Waals surface area contributed by atoms with Crippen molar-refractivity contribution in [3.8, 4) is 28.1 Å². The van der Waals surface area contributed by atoms with Gasteiger partial charge in [0.1, 0.15) is 5.75 Å². The molecule has 6 nitrogen and oxygen atoms in total. The molecule has 3 N–H and O–H groups in total. The lowest BCUT2D eigenvalue weighted by Crippen LogP contribution is -2.38. The summed E-state index contributed by atoms with van der Waals surface area (Å²) >= 11 is 0. The summed E-state index contributed by atoms with van der Waals surface area (Å²) in [5, 5.41) is 29.6. The van der Waals surface area contributed by atoms with Gasteiger partial charge in [-0.2, -0.15) is 10.2 Å². The maximum Gasteiger partial charge on any atom is 0.125 e. The second-order valence-electron chi connectivity index (χ2n) is 7.85. The van der Waals surface area contributed by atoms with Gasteiger partial charge in [0.05, 0.1) is 17.6 Å². The molecule has 1 aromatic carbocycles. The van der Waals surface area contributed by atoms with E-state index in [1.54, 1.807) is 18.5 Å². The molecule has 0 radical (unpaired) electrons. The Balaban J connectivity index is 1.36. The highest BCUT2D eigenvalue weighted by Gasteiger charge is 2.35. The summed E-state index contributed by atoms with van der Waals surface area (Å²) in [6.45, 7) is 4.32. The van der Waals surface area contributed by atoms with Crippen LogP contribution in [0.15, 0.2) is 49.3 Å². The Hall–Kier alpha value is -2.99. The van der Waals surface area contributed by atoms with Crippen molar-refractivity contribution in [3.05, 3.63) is 55.0 Å². The first-order valence-corrected chi connectivity index (χ1v) is 9.79. The van der Waals surface area contributed by atoms with Gasteiger partial charge in [-0.05, 0) is 67.0 Å². The number of aromatic hydroxyl groups is 1. The van der Waals surface area contributed by atoms with Gasteiger partial charge in [-0.1, -0.05) is 12.6 Å². The van der Waals surface area contributed by atoms with Crippen molar-refractivity contribution < 1.29 is 5.11 Å². The minimum atomic E-state index is 0.175. The van der Waals surface area contributed by atoms with E-state index in [1.165, 1.54) is 12.8 Å². The number of aromatic nitrogens is 4. The van der Waals surface area contributed by atoms with Gasteiger partial charge in [-0.25, -0.2) is 0 Å². The number of rotatable bonds is 4. The van der Waals surface area contributed by atoms with E-state index >= 15 is 0 Å². The van der Waals surface area contributed by atoms with Crippen LogP contribution in [-0.4, -0.2) is 37.6 Å². The topological polar surface area (TPSA) is 86.7 Å². The standard InChI is InChI=1S/C22H23N5O/c1-13(15-8-17-3-4-18(9-15)25-17)20-6-7-21(27-26-20)19-5-2-14(10-22(19)28)16-11-23-24-12-16/h2,5-7,10-12,15,17-18,25,28H,1,3-4,8-9H2,(H,23,24)/t15-,17-,18?/m0/s1. The Morgan fingerprint density at radius 1 is 1.04 bits per heavy atom. The Morgan fingerprint density at radius 3 is 2.50 bits per heavy atom. The average Bonchev–Trinajstić information content (AvgIpc) is 3.37. The zero-order valence-electron chi connectivity index (χ0n) is 15.6. The summed E-state index contributed by atoms with van der Waals surface area (Å²) in [5.41, 5.74) is 5.07. The van der Waals surface area contributed by atoms with E-state index in [0.29, 0.717) is 29.3 Å². The van der Waals surface area contributed by atoms with Crippen molar-refractivity contribution in [2.24, 2.45) is 5.92 Å². The van der Waals surface area contributed by atoms with Crippen LogP contribution in [0.5, 0.6) is 5.75 Å². The molecule has 0 spiro atoms. The van der Waals surface area contributed by atoms with Crippen molar-refractivity contribution >= 4 is 5.57 Å². The quantitative estimate of drug-likeness (QED) is 0.648. The number of fused-ring (bicyclic) bond motifs is 2. The van der Waals surface area contributed by atoms with E-state index in [9.17, 15) is 5.11 Å². The molecule has 3 atom stereocenters. The predicted molar refractivity (Wildman–Crippen MR) is 108 cm³/mol. The Bertz CT molecular complexity index is 984. The number of nitrogens with one attached hydrogen (secondary N) is 2. The molecule has 28 heavy (non-hydrogen) atoms. The maximum atomic E-state index is 10.5. The zero-order chi connectivity index (χ0) is 19.1. The van der Waals surface area contributed by atoms with E-state index in [4.69, 9.17) is 0 Å². The van der Waals surface area contributed by atoms with Crippen LogP contribution in [-0.2, 0) is 0 Å². The third-order valence-electron chi connectivity index (χ3n) is 6.06. The normalized spacial score (nSPS) is 23.6. The number of hydrogen-bond donors (Lipinski definition) is 3. The van der Waals surface area contributed by atoms with Crippen LogP contribution in [0, 0.1) is 5.92 Å². The molecule has 0 aliphatic carbocycles. The third kappa shape index (κ3) is 3.10. The van der Waals surface area contributed by atoms with Crippen LogP contribution < -0.4 is 5.32 Å². The molecule has 2 aromatic heterocycles. The SMILES string of the molecule is C=C(c1ccc(-c2ccc(-c3cn[nH]c3)cc2O)nn1)[C@@H]1CC2CC[C@@H](C1)N2. The van der Waals surface area contributed by atoms with Crippen molar-refractivity contribution in [1.29, 1.82) is 0 Å². The zero-order valence-corrected chi connectivity index (χ0v) is 15.6. The lowest BCUT2D eigenvalue weighted by Gasteiger charge is -2.30. The van der Waals surface area contributed by atoms with Crippen molar-refractivity contribution in [2.45, 2.75) is 37.8 Å². The van der Waals surface area contributed by atoms with Crippen molar-refractivity contribution in [3.63, 3.8) is 0 Å². The molecule has 0 saturated carbocycles. The second-order valence-corrected chi connectivity index (χ2v) is 7.85. The molecule has 2 aliphatic heterocycles. The van der Waals surface area contributed by atoms with Gasteiger partial charge >= 0.3 is 0 Å². The fourth-order valence-electron chi connectivity index (χ4n) is 4.53. The summed E-state index contributed by atoms with van der Waals surface area (Å²) < 4.78 is 0. The molecule has 2 bridgehead atoms. The summed E-state index contributed by atoms with van der Waals surface area (Å²) in [6.07, 6.45) is 8.33. The number of benzene rings is 1. The minimum Gasteiger partial charge on any atom is -0.507 e. The fourth-order valence-corrected chi connectivity index (χ4v) is 4.53. The van der Waals surface area contributed by atoms with Crippen molar-refractivity contribution in [2.75, 3.05) is 0 Å². The molecule has 1 unspecified atom stereocenters. The molecular weight excluding hydrogens is 350 g/mol. The van der Waals surface area contributed by atoms with Crippen LogP contribution in [0.25, 0.3) is 28.0 Å². The van der Waals surface area contributed by atoms with Crippen molar-refractivity contribution in [1.82, 2.24) is 25.7 Å². The third-order valence-corrected chi connectivity index (χ3v) is 6.06. The van der Waals surface area contributed by atoms with E-state index in [0.717, 1.165) is 35.2 Å². The van der Waals surface area contributed by atoms with Crippen LogP contribution in [0.1, 0.15) is 31.4 Å². The van der Waals surface area contributed by atoms with Gasteiger partial charge < -0.3 is 10.4 Å². The fraction of sp³-hybridized carbons (Fsp3) is 0.318. The highest BCUT2D eigenvalue weighted by atomic mass is 16.3. The molecule has 2 aliphatic rings. The van der Waals surface area contributed by atoms with Crippen LogP contribution in [0.4, 0.5) is 0 Å². The van der Waals surface area contributed by atoms with E-state index in [-0.39, 0.29) is 5.75 Å². The Kier molecular flexibility index (Phi) is 4.20. The number of H-pyrrole nitrogens is 1. The molecule has 142 valence electrons. The average molecular weight is 373 g/mol. The van der Waals surface area contributed by atoms with E-state index in [1.807, 2.05) is 24.3 Å². The number of allylic oxidation sites excluding steroid dienone is 1. The van der Waals surface area contributed by atoms with E-state index in [2.05, 4.69) is 32.3 Å². The Labute approximate surface area is 163 Å². The van der Waals surface area contributed by atoms with Gasteiger partial charge in [-0.15, -0.1) is 5.10 Å². The lowest BCUT2D eigenvalue weighted by atomic mass is 9.85. The smallest absolute Gasteiger partial charge is 0.125 e. The van der Waals surface area contributed by atoms with Gasteiger partial charge in [-0.3, -0.25) is 5.10 Å². The summed E-state index contributed by atoms with van der Waals surface area (Å²) in [6, 6.07) is 10.7. The molecule has 6 heteroatoms. The molecule has 0 amide bonds. The predicted octanol–water partition coefficient (Wildman–Crippen LogP) is 3.78. The van der Waals surface area contributed by atoms with Gasteiger partial charge in [0.15, 0.2) is 0 Å². The number of phenols is 1. The molecule has 2 fully saturated rings. The van der Waals surface area contributed by atoms with Crippen LogP contribution in [0.3, 0.4) is 0 Å². The highest BCUT2D eigenvalue weighted by Crippen LogP contribution is 2.38. The molecule has 5 rings (SSSR count). The van der Waals surface area contributed by atoms with E-state index < -0.39 is 0 Å². The highest BCUT2D eigenvalue weighted by molar-refractivity contribution is 5.74. The number of hydrogen-bond acceptors (Lipinski definition) is 5. The number of nitrogens with zero attached hydrogens (tertiary/aromatic N) is 3. The summed E-state index contributed by atoms with van der Waals surface area (Å²) in [5.74, 6) is 0.649. The number of piperidine rings is 1. The first-order chi connectivity index (χ1) is 13.7. The largest absolute Gasteiger partial charge is 0.507 e. The summed E-state index contributed by atoms with van der Waals surface area (Å²) in [7, 11) is 0. The second kappa shape index (κ2) is 6.87. The summed E-state index contributed by atoms with van der Waals surface area (Å²) in [4.78, 5) is 0. The first-order valence-electron chi connectivity index (χ1n) is 9.79. The first kappa shape index (κ1) is 17.1.